The van der Waals surface area contributed by atoms with Crippen LogP contribution >= 0.6 is 11.6 Å². The van der Waals surface area contributed by atoms with Crippen LogP contribution in [0.5, 0.6) is 0 Å². The molecule has 0 N–H and O–H groups in total. The molecule has 1 aromatic heterocycles. The van der Waals surface area contributed by atoms with Crippen molar-refractivity contribution in [2.24, 2.45) is 0 Å². The molecule has 1 nitrogen and oxygen atoms in total. The third-order valence-electron chi connectivity index (χ3n) is 3.70. The van der Waals surface area contributed by atoms with Crippen LogP contribution in [-0.2, 0) is 6.54 Å². The molecule has 2 aromatic carbocycles. The Kier molecular flexibility index (Phi) is 3.54. The Morgan fingerprint density at radius 3 is 2.65 bits per heavy atom. The van der Waals surface area contributed by atoms with E-state index in [4.69, 9.17) is 11.6 Å². The fourth-order valence-corrected chi connectivity index (χ4v) is 2.76. The lowest BCUT2D eigenvalue weighted by molar-refractivity contribution is 0.835. The summed E-state index contributed by atoms with van der Waals surface area (Å²) < 4.78 is 2.27. The number of hydrogen-bond donors (Lipinski definition) is 0. The van der Waals surface area contributed by atoms with Crippen LogP contribution in [0.3, 0.4) is 0 Å². The summed E-state index contributed by atoms with van der Waals surface area (Å²) >= 11 is 6.05. The zero-order valence-corrected chi connectivity index (χ0v) is 12.6. The summed E-state index contributed by atoms with van der Waals surface area (Å²) in [6.45, 7) is 5.30. The van der Waals surface area contributed by atoms with Gasteiger partial charge in [-0.05, 0) is 52.8 Å². The molecule has 0 radical (unpaired) electrons. The lowest BCUT2D eigenvalue weighted by Crippen LogP contribution is -1.97. The maximum absolute atomic E-state index is 6.05. The van der Waals surface area contributed by atoms with Gasteiger partial charge in [0.15, 0.2) is 0 Å². The first-order valence-corrected chi connectivity index (χ1v) is 7.34. The van der Waals surface area contributed by atoms with Crippen molar-refractivity contribution in [3.05, 3.63) is 70.9 Å². The molecule has 0 unspecified atom stereocenters. The van der Waals surface area contributed by atoms with Crippen molar-refractivity contribution in [1.82, 2.24) is 4.57 Å². The minimum Gasteiger partial charge on any atom is -0.343 e. The normalized spacial score (nSPS) is 11.4. The van der Waals surface area contributed by atoms with Crippen molar-refractivity contribution in [3.8, 4) is 0 Å². The Balaban J connectivity index is 1.96. The molecular formula is C18H18ClN. The Morgan fingerprint density at radius 1 is 1.05 bits per heavy atom. The van der Waals surface area contributed by atoms with E-state index < -0.39 is 0 Å². The van der Waals surface area contributed by atoms with E-state index in [0.29, 0.717) is 5.92 Å². The average molecular weight is 284 g/mol. The van der Waals surface area contributed by atoms with Crippen molar-refractivity contribution in [2.75, 3.05) is 0 Å². The zero-order valence-electron chi connectivity index (χ0n) is 11.8. The van der Waals surface area contributed by atoms with Gasteiger partial charge in [0.25, 0.3) is 0 Å². The van der Waals surface area contributed by atoms with Gasteiger partial charge >= 0.3 is 0 Å². The van der Waals surface area contributed by atoms with E-state index in [1.807, 2.05) is 18.2 Å². The molecule has 0 saturated heterocycles. The van der Waals surface area contributed by atoms with E-state index in [9.17, 15) is 0 Å². The van der Waals surface area contributed by atoms with Crippen molar-refractivity contribution < 1.29 is 0 Å². The number of hydrogen-bond acceptors (Lipinski definition) is 0. The molecule has 0 spiro atoms. The van der Waals surface area contributed by atoms with Gasteiger partial charge in [-0.1, -0.05) is 43.6 Å². The maximum Gasteiger partial charge on any atom is 0.0483 e. The molecule has 0 aliphatic rings. The first-order valence-electron chi connectivity index (χ1n) is 6.97. The number of aromatic nitrogens is 1. The molecule has 3 rings (SSSR count). The molecule has 1 heterocycles. The van der Waals surface area contributed by atoms with E-state index in [0.717, 1.165) is 11.6 Å². The van der Waals surface area contributed by atoms with Crippen molar-refractivity contribution in [3.63, 3.8) is 0 Å². The van der Waals surface area contributed by atoms with Crippen LogP contribution in [0.25, 0.3) is 10.9 Å². The van der Waals surface area contributed by atoms with Gasteiger partial charge < -0.3 is 4.57 Å². The third kappa shape index (κ3) is 2.59. The number of halogens is 1. The van der Waals surface area contributed by atoms with Crippen LogP contribution in [0.1, 0.15) is 30.9 Å². The lowest BCUT2D eigenvalue weighted by Gasteiger charge is -2.08. The summed E-state index contributed by atoms with van der Waals surface area (Å²) in [5.41, 5.74) is 3.88. The minimum atomic E-state index is 0.565. The van der Waals surface area contributed by atoms with E-state index >= 15 is 0 Å². The second-order valence-corrected chi connectivity index (χ2v) is 5.98. The third-order valence-corrected chi connectivity index (χ3v) is 3.94. The van der Waals surface area contributed by atoms with Crippen LogP contribution in [0, 0.1) is 0 Å². The molecule has 0 aliphatic heterocycles. The minimum absolute atomic E-state index is 0.565. The molecule has 3 aromatic rings. The Bertz CT molecular complexity index is 740. The standard InChI is InChI=1S/C18H18ClN/c1-13(2)15-6-7-18-16(11-15)8-9-20(18)12-14-4-3-5-17(19)10-14/h3-11,13H,12H2,1-2H3. The highest BCUT2D eigenvalue weighted by Gasteiger charge is 2.05. The Morgan fingerprint density at radius 2 is 1.90 bits per heavy atom. The predicted octanol–water partition coefficient (Wildman–Crippen LogP) is 5.47. The molecule has 0 atom stereocenters. The molecule has 20 heavy (non-hydrogen) atoms. The van der Waals surface area contributed by atoms with E-state index in [2.05, 4.69) is 54.9 Å². The van der Waals surface area contributed by atoms with Crippen LogP contribution in [0.2, 0.25) is 5.02 Å². The number of rotatable bonds is 3. The molecule has 0 fully saturated rings. The molecule has 2 heteroatoms. The molecule has 0 amide bonds. The lowest BCUT2D eigenvalue weighted by atomic mass is 10.0. The van der Waals surface area contributed by atoms with Crippen LogP contribution in [0.15, 0.2) is 54.7 Å². The summed E-state index contributed by atoms with van der Waals surface area (Å²) in [4.78, 5) is 0. The Labute approximate surface area is 124 Å². The summed E-state index contributed by atoms with van der Waals surface area (Å²) in [7, 11) is 0. The summed E-state index contributed by atoms with van der Waals surface area (Å²) in [5.74, 6) is 0.565. The fraction of sp³-hybridized carbons (Fsp3) is 0.222. The van der Waals surface area contributed by atoms with E-state index in [1.54, 1.807) is 0 Å². The van der Waals surface area contributed by atoms with Gasteiger partial charge in [0.05, 0.1) is 0 Å². The smallest absolute Gasteiger partial charge is 0.0483 e. The van der Waals surface area contributed by atoms with Gasteiger partial charge in [-0.15, -0.1) is 0 Å². The number of fused-ring (bicyclic) bond motifs is 1. The van der Waals surface area contributed by atoms with Gasteiger partial charge in [0.2, 0.25) is 0 Å². The van der Waals surface area contributed by atoms with Crippen LogP contribution < -0.4 is 0 Å². The van der Waals surface area contributed by atoms with Gasteiger partial charge in [-0.25, -0.2) is 0 Å². The first kappa shape index (κ1) is 13.3. The topological polar surface area (TPSA) is 4.93 Å². The predicted molar refractivity (Wildman–Crippen MR) is 86.6 cm³/mol. The first-order chi connectivity index (χ1) is 9.63. The molecule has 0 saturated carbocycles. The molecular weight excluding hydrogens is 266 g/mol. The highest BCUT2D eigenvalue weighted by molar-refractivity contribution is 6.30. The fourth-order valence-electron chi connectivity index (χ4n) is 2.55. The average Bonchev–Trinajstić information content (AvgIpc) is 2.81. The Hall–Kier alpha value is -1.73. The SMILES string of the molecule is CC(C)c1ccc2c(ccn2Cc2cccc(Cl)c2)c1. The van der Waals surface area contributed by atoms with Crippen LogP contribution in [0.4, 0.5) is 0 Å². The molecule has 0 bridgehead atoms. The quantitative estimate of drug-likeness (QED) is 0.601. The summed E-state index contributed by atoms with van der Waals surface area (Å²) in [5, 5.41) is 2.10. The molecule has 102 valence electrons. The van der Waals surface area contributed by atoms with Gasteiger partial charge in [-0.2, -0.15) is 0 Å². The summed E-state index contributed by atoms with van der Waals surface area (Å²) in [6, 6.07) is 17.0. The highest BCUT2D eigenvalue weighted by Crippen LogP contribution is 2.23. The van der Waals surface area contributed by atoms with Gasteiger partial charge in [0, 0.05) is 23.3 Å². The monoisotopic (exact) mass is 283 g/mol. The maximum atomic E-state index is 6.05. The van der Waals surface area contributed by atoms with Crippen molar-refractivity contribution >= 4 is 22.5 Å². The van der Waals surface area contributed by atoms with E-state index in [1.165, 1.54) is 22.0 Å². The highest BCUT2D eigenvalue weighted by atomic mass is 35.5. The van der Waals surface area contributed by atoms with Gasteiger partial charge in [0.1, 0.15) is 0 Å². The largest absolute Gasteiger partial charge is 0.343 e. The van der Waals surface area contributed by atoms with Crippen LogP contribution in [-0.4, -0.2) is 4.57 Å². The number of nitrogens with zero attached hydrogens (tertiary/aromatic N) is 1. The van der Waals surface area contributed by atoms with E-state index in [-0.39, 0.29) is 0 Å². The zero-order chi connectivity index (χ0) is 14.1. The van der Waals surface area contributed by atoms with Gasteiger partial charge in [-0.3, -0.25) is 0 Å². The second kappa shape index (κ2) is 5.34. The van der Waals surface area contributed by atoms with Crippen molar-refractivity contribution in [1.29, 1.82) is 0 Å². The second-order valence-electron chi connectivity index (χ2n) is 5.55. The number of benzene rings is 2. The summed E-state index contributed by atoms with van der Waals surface area (Å²) in [6.07, 6.45) is 2.15. The van der Waals surface area contributed by atoms with Crippen molar-refractivity contribution in [2.45, 2.75) is 26.3 Å². The molecule has 0 aliphatic carbocycles.